The molecule has 0 aliphatic heterocycles. The van der Waals surface area contributed by atoms with Crippen molar-refractivity contribution in [3.63, 3.8) is 0 Å². The maximum absolute atomic E-state index is 13.0. The number of amides is 3. The Labute approximate surface area is 206 Å². The topological polar surface area (TPSA) is 79.3 Å². The fourth-order valence-electron chi connectivity index (χ4n) is 3.35. The number of carbonyl (C=O) groups is 2. The summed E-state index contributed by atoms with van der Waals surface area (Å²) in [5.74, 6) is 0.246. The summed E-state index contributed by atoms with van der Waals surface area (Å²) in [6.07, 6.45) is 0. The van der Waals surface area contributed by atoms with Gasteiger partial charge in [-0.3, -0.25) is 4.79 Å². The highest BCUT2D eigenvalue weighted by atomic mass is 35.5. The number of hydrogen-bond acceptors (Lipinski definition) is 3. The van der Waals surface area contributed by atoms with Gasteiger partial charge < -0.3 is 15.5 Å². The highest BCUT2D eigenvalue weighted by Crippen LogP contribution is 2.26. The maximum Gasteiger partial charge on any atom is 0.322 e. The molecule has 1 aromatic heterocycles. The summed E-state index contributed by atoms with van der Waals surface area (Å²) in [5, 5.41) is 11.1. The average molecular weight is 482 g/mol. The van der Waals surface area contributed by atoms with Gasteiger partial charge in [-0.05, 0) is 56.2 Å². The minimum atomic E-state index is -0.375. The molecule has 180 valence electrons. The van der Waals surface area contributed by atoms with Gasteiger partial charge in [0.2, 0.25) is 5.91 Å². The second-order valence-corrected chi connectivity index (χ2v) is 9.78. The molecule has 2 N–H and O–H groups in total. The molecule has 0 spiro atoms. The third-order valence-electron chi connectivity index (χ3n) is 5.42. The predicted molar refractivity (Wildman–Crippen MR) is 138 cm³/mol. The molecule has 0 radical (unpaired) electrons. The number of likely N-dealkylation sites (N-methyl/N-ethyl adjacent to an activating group) is 1. The summed E-state index contributed by atoms with van der Waals surface area (Å²) >= 11 is 6.16. The molecule has 0 aliphatic rings. The van der Waals surface area contributed by atoms with Crippen LogP contribution in [-0.2, 0) is 10.2 Å². The van der Waals surface area contributed by atoms with E-state index in [1.165, 1.54) is 4.90 Å². The van der Waals surface area contributed by atoms with E-state index in [-0.39, 0.29) is 23.9 Å². The van der Waals surface area contributed by atoms with Crippen molar-refractivity contribution in [2.45, 2.75) is 47.0 Å². The lowest BCUT2D eigenvalue weighted by atomic mass is 9.92. The number of anilines is 2. The SMILES string of the molecule is CCN(CC(=O)Nc1cc(C(C)(C)C)nn1-c1cccc(C)c1)C(=O)Nc1ccc(C)c(Cl)c1. The summed E-state index contributed by atoms with van der Waals surface area (Å²) in [7, 11) is 0. The molecule has 0 saturated heterocycles. The van der Waals surface area contributed by atoms with Crippen LogP contribution in [0.4, 0.5) is 16.3 Å². The number of aromatic nitrogens is 2. The Hall–Kier alpha value is -3.32. The number of benzene rings is 2. The molecule has 3 aromatic rings. The van der Waals surface area contributed by atoms with Gasteiger partial charge in [0.25, 0.3) is 0 Å². The molecule has 3 rings (SSSR count). The summed E-state index contributed by atoms with van der Waals surface area (Å²) in [5.41, 5.74) is 4.10. The zero-order chi connectivity index (χ0) is 25.0. The van der Waals surface area contributed by atoms with E-state index in [9.17, 15) is 9.59 Å². The first-order valence-electron chi connectivity index (χ1n) is 11.3. The van der Waals surface area contributed by atoms with Crippen LogP contribution in [-0.4, -0.2) is 39.7 Å². The highest BCUT2D eigenvalue weighted by Gasteiger charge is 2.23. The lowest BCUT2D eigenvalue weighted by molar-refractivity contribution is -0.116. The first-order valence-corrected chi connectivity index (χ1v) is 11.6. The van der Waals surface area contributed by atoms with Crippen LogP contribution in [0.25, 0.3) is 5.69 Å². The summed E-state index contributed by atoms with van der Waals surface area (Å²) in [6, 6.07) is 14.7. The largest absolute Gasteiger partial charge is 0.322 e. The van der Waals surface area contributed by atoms with E-state index in [1.807, 2.05) is 57.2 Å². The van der Waals surface area contributed by atoms with E-state index >= 15 is 0 Å². The Morgan fingerprint density at radius 3 is 2.41 bits per heavy atom. The van der Waals surface area contributed by atoms with Gasteiger partial charge in [0.1, 0.15) is 12.4 Å². The molecule has 1 heterocycles. The van der Waals surface area contributed by atoms with Gasteiger partial charge in [0.05, 0.1) is 11.4 Å². The summed E-state index contributed by atoms with van der Waals surface area (Å²) in [4.78, 5) is 27.1. The van der Waals surface area contributed by atoms with Crippen LogP contribution in [0.5, 0.6) is 0 Å². The second-order valence-electron chi connectivity index (χ2n) is 9.37. The molecule has 34 heavy (non-hydrogen) atoms. The van der Waals surface area contributed by atoms with Gasteiger partial charge in [-0.1, -0.05) is 50.6 Å². The lowest BCUT2D eigenvalue weighted by Crippen LogP contribution is -2.40. The molecule has 3 amide bonds. The second kappa shape index (κ2) is 10.3. The number of aryl methyl sites for hydroxylation is 2. The van der Waals surface area contributed by atoms with E-state index in [4.69, 9.17) is 16.7 Å². The first-order chi connectivity index (χ1) is 16.0. The zero-order valence-electron chi connectivity index (χ0n) is 20.6. The van der Waals surface area contributed by atoms with Crippen LogP contribution in [0.15, 0.2) is 48.5 Å². The van der Waals surface area contributed by atoms with Gasteiger partial charge in [-0.25, -0.2) is 9.48 Å². The van der Waals surface area contributed by atoms with Gasteiger partial charge >= 0.3 is 6.03 Å². The molecule has 0 atom stereocenters. The molecule has 2 aromatic carbocycles. The molecular weight excluding hydrogens is 450 g/mol. The van der Waals surface area contributed by atoms with Gasteiger partial charge in [-0.2, -0.15) is 5.10 Å². The molecule has 0 unspecified atom stereocenters. The van der Waals surface area contributed by atoms with Crippen LogP contribution >= 0.6 is 11.6 Å². The molecule has 0 bridgehead atoms. The monoisotopic (exact) mass is 481 g/mol. The Bertz CT molecular complexity index is 1200. The Kier molecular flexibility index (Phi) is 7.67. The predicted octanol–water partition coefficient (Wildman–Crippen LogP) is 5.93. The van der Waals surface area contributed by atoms with Crippen molar-refractivity contribution in [2.24, 2.45) is 0 Å². The van der Waals surface area contributed by atoms with Crippen molar-refractivity contribution < 1.29 is 9.59 Å². The number of urea groups is 1. The van der Waals surface area contributed by atoms with Gasteiger partial charge in [-0.15, -0.1) is 0 Å². The molecule has 0 saturated carbocycles. The maximum atomic E-state index is 13.0. The Balaban J connectivity index is 1.77. The Morgan fingerprint density at radius 2 is 1.79 bits per heavy atom. The average Bonchev–Trinajstić information content (AvgIpc) is 3.19. The fourth-order valence-corrected chi connectivity index (χ4v) is 3.53. The number of carbonyl (C=O) groups excluding carboxylic acids is 2. The Morgan fingerprint density at radius 1 is 1.06 bits per heavy atom. The normalized spacial score (nSPS) is 11.3. The van der Waals surface area contributed by atoms with Crippen molar-refractivity contribution in [3.8, 4) is 5.69 Å². The molecule has 0 fully saturated rings. The number of nitrogens with zero attached hydrogens (tertiary/aromatic N) is 3. The fraction of sp³-hybridized carbons (Fsp3) is 0.346. The minimum Gasteiger partial charge on any atom is -0.315 e. The van der Waals surface area contributed by atoms with E-state index in [0.717, 1.165) is 22.5 Å². The smallest absolute Gasteiger partial charge is 0.315 e. The lowest BCUT2D eigenvalue weighted by Gasteiger charge is -2.21. The van der Waals surface area contributed by atoms with Crippen LogP contribution in [0.2, 0.25) is 5.02 Å². The van der Waals surface area contributed by atoms with Crippen LogP contribution < -0.4 is 10.6 Å². The van der Waals surface area contributed by atoms with Gasteiger partial charge in [0.15, 0.2) is 0 Å². The highest BCUT2D eigenvalue weighted by molar-refractivity contribution is 6.31. The number of hydrogen-bond donors (Lipinski definition) is 2. The van der Waals surface area contributed by atoms with Gasteiger partial charge in [0, 0.05) is 28.7 Å². The summed E-state index contributed by atoms with van der Waals surface area (Å²) in [6.45, 7) is 12.2. The van der Waals surface area contributed by atoms with E-state index in [2.05, 4.69) is 31.4 Å². The van der Waals surface area contributed by atoms with Crippen molar-refractivity contribution in [1.82, 2.24) is 14.7 Å². The van der Waals surface area contributed by atoms with Crippen molar-refractivity contribution in [2.75, 3.05) is 23.7 Å². The van der Waals surface area contributed by atoms with Crippen molar-refractivity contribution in [1.29, 1.82) is 0 Å². The molecular formula is C26H32ClN5O2. The van der Waals surface area contributed by atoms with Crippen LogP contribution in [0.3, 0.4) is 0 Å². The van der Waals surface area contributed by atoms with E-state index < -0.39 is 0 Å². The minimum absolute atomic E-state index is 0.105. The quantitative estimate of drug-likeness (QED) is 0.457. The van der Waals surface area contributed by atoms with Crippen molar-refractivity contribution in [3.05, 3.63) is 70.4 Å². The standard InChI is InChI=1S/C26H32ClN5O2/c1-7-31(25(34)28-19-12-11-18(3)21(27)14-19)16-24(33)29-23-15-22(26(4,5)6)30-32(23)20-10-8-9-17(2)13-20/h8-15H,7,16H2,1-6H3,(H,28,34)(H,29,33). The van der Waals surface area contributed by atoms with Crippen molar-refractivity contribution >= 4 is 35.0 Å². The first kappa shape index (κ1) is 25.3. The van der Waals surface area contributed by atoms with Crippen LogP contribution in [0.1, 0.15) is 44.5 Å². The van der Waals surface area contributed by atoms with Crippen LogP contribution in [0, 0.1) is 13.8 Å². The molecule has 8 heteroatoms. The van der Waals surface area contributed by atoms with E-state index in [0.29, 0.717) is 23.1 Å². The zero-order valence-corrected chi connectivity index (χ0v) is 21.3. The molecule has 7 nitrogen and oxygen atoms in total. The molecule has 0 aliphatic carbocycles. The van der Waals surface area contributed by atoms with E-state index in [1.54, 1.807) is 16.8 Å². The number of rotatable bonds is 6. The number of nitrogens with one attached hydrogen (secondary N) is 2. The summed E-state index contributed by atoms with van der Waals surface area (Å²) < 4.78 is 1.73. The third kappa shape index (κ3) is 6.17. The third-order valence-corrected chi connectivity index (χ3v) is 5.83. The number of halogens is 1.